The number of aliphatic hydroxyl groups excluding tert-OH is 1. The molecule has 0 aliphatic heterocycles. The molecule has 0 atom stereocenters. The van der Waals surface area contributed by atoms with Crippen molar-refractivity contribution in [2.75, 3.05) is 12.4 Å². The summed E-state index contributed by atoms with van der Waals surface area (Å²) in [5.74, 6) is 0.623. The third-order valence-electron chi connectivity index (χ3n) is 1.59. The Morgan fingerprint density at radius 1 is 1.50 bits per heavy atom. The second-order valence-electron chi connectivity index (χ2n) is 2.51. The van der Waals surface area contributed by atoms with Crippen LogP contribution in [-0.2, 0) is 0 Å². The van der Waals surface area contributed by atoms with E-state index in [2.05, 4.69) is 9.97 Å². The monoisotopic (exact) mass is 246 g/mol. The highest BCUT2D eigenvalue weighted by molar-refractivity contribution is 7.99. The summed E-state index contributed by atoms with van der Waals surface area (Å²) in [7, 11) is 0. The first-order valence-electron chi connectivity index (χ1n) is 3.95. The topological polar surface area (TPSA) is 46.0 Å². The molecular weight excluding hydrogens is 240 g/mol. The van der Waals surface area contributed by atoms with Gasteiger partial charge in [0.25, 0.3) is 0 Å². The van der Waals surface area contributed by atoms with Crippen LogP contribution in [-0.4, -0.2) is 27.4 Å². The van der Waals surface area contributed by atoms with E-state index >= 15 is 0 Å². The fraction of sp³-hybridized carbons (Fsp3) is 0.250. The molecule has 3 nitrogen and oxygen atoms in total. The van der Waals surface area contributed by atoms with E-state index in [4.69, 9.17) is 16.7 Å². The maximum Gasteiger partial charge on any atom is 0.224 e. The van der Waals surface area contributed by atoms with E-state index in [1.165, 1.54) is 23.1 Å². The number of aromatic nitrogens is 2. The molecule has 1 N–H and O–H groups in total. The lowest BCUT2D eigenvalue weighted by atomic mass is 10.4. The third-order valence-corrected chi connectivity index (χ3v) is 3.54. The normalized spacial score (nSPS) is 11.0. The average molecular weight is 247 g/mol. The van der Waals surface area contributed by atoms with Gasteiger partial charge in [0.05, 0.1) is 6.61 Å². The van der Waals surface area contributed by atoms with E-state index in [1.807, 2.05) is 11.4 Å². The number of halogens is 1. The molecule has 0 aliphatic rings. The van der Waals surface area contributed by atoms with Crippen molar-refractivity contribution in [2.45, 2.75) is 5.03 Å². The standard InChI is InChI=1S/C8H7ClN2OS2/c9-8-10-6-5(1-3-13-6)7(11-8)14-4-2-12/h1,3,12H,2,4H2. The SMILES string of the molecule is OCCSc1nc(Cl)nc2sccc12. The van der Waals surface area contributed by atoms with Crippen molar-refractivity contribution in [2.24, 2.45) is 0 Å². The fourth-order valence-electron chi connectivity index (χ4n) is 1.06. The number of nitrogens with zero attached hydrogens (tertiary/aromatic N) is 2. The zero-order chi connectivity index (χ0) is 9.97. The van der Waals surface area contributed by atoms with Crippen LogP contribution in [0.4, 0.5) is 0 Å². The van der Waals surface area contributed by atoms with Crippen LogP contribution in [0.5, 0.6) is 0 Å². The Kier molecular flexibility index (Phi) is 3.22. The van der Waals surface area contributed by atoms with E-state index in [0.29, 0.717) is 5.75 Å². The lowest BCUT2D eigenvalue weighted by Gasteiger charge is -2.00. The number of hydrogen-bond donors (Lipinski definition) is 1. The molecule has 14 heavy (non-hydrogen) atoms. The molecule has 2 aromatic heterocycles. The lowest BCUT2D eigenvalue weighted by molar-refractivity contribution is 0.322. The highest BCUT2D eigenvalue weighted by atomic mass is 35.5. The van der Waals surface area contributed by atoms with Gasteiger partial charge in [-0.15, -0.1) is 23.1 Å². The van der Waals surface area contributed by atoms with E-state index in [0.717, 1.165) is 15.2 Å². The van der Waals surface area contributed by atoms with Crippen LogP contribution < -0.4 is 0 Å². The molecule has 0 radical (unpaired) electrons. The summed E-state index contributed by atoms with van der Waals surface area (Å²) in [6.45, 7) is 0.137. The van der Waals surface area contributed by atoms with Crippen LogP contribution in [0.2, 0.25) is 5.28 Å². The van der Waals surface area contributed by atoms with Crippen molar-refractivity contribution in [1.29, 1.82) is 0 Å². The van der Waals surface area contributed by atoms with Crippen LogP contribution in [0.15, 0.2) is 16.5 Å². The smallest absolute Gasteiger partial charge is 0.224 e. The van der Waals surface area contributed by atoms with Gasteiger partial charge in [-0.05, 0) is 23.0 Å². The number of thiophene rings is 1. The average Bonchev–Trinajstić information content (AvgIpc) is 2.61. The Balaban J connectivity index is 2.44. The van der Waals surface area contributed by atoms with Gasteiger partial charge in [-0.3, -0.25) is 0 Å². The predicted octanol–water partition coefficient (Wildman–Crippen LogP) is 2.43. The molecule has 0 saturated carbocycles. The summed E-state index contributed by atoms with van der Waals surface area (Å²) in [5.41, 5.74) is 0. The first-order valence-corrected chi connectivity index (χ1v) is 6.20. The van der Waals surface area contributed by atoms with Crippen molar-refractivity contribution in [1.82, 2.24) is 9.97 Å². The van der Waals surface area contributed by atoms with E-state index in [1.54, 1.807) is 0 Å². The van der Waals surface area contributed by atoms with Crippen molar-refractivity contribution < 1.29 is 5.11 Å². The van der Waals surface area contributed by atoms with Gasteiger partial charge in [0.1, 0.15) is 9.86 Å². The second kappa shape index (κ2) is 4.44. The molecule has 0 aromatic carbocycles. The van der Waals surface area contributed by atoms with Crippen molar-refractivity contribution in [3.63, 3.8) is 0 Å². The fourth-order valence-corrected chi connectivity index (χ4v) is 2.91. The minimum atomic E-state index is 0.137. The summed E-state index contributed by atoms with van der Waals surface area (Å²) < 4.78 is 0. The first kappa shape index (κ1) is 10.2. The Morgan fingerprint density at radius 2 is 2.36 bits per heavy atom. The number of fused-ring (bicyclic) bond motifs is 1. The van der Waals surface area contributed by atoms with Gasteiger partial charge in [0.2, 0.25) is 5.28 Å². The van der Waals surface area contributed by atoms with Crippen molar-refractivity contribution in [3.05, 3.63) is 16.7 Å². The molecule has 74 valence electrons. The summed E-state index contributed by atoms with van der Waals surface area (Å²) in [5, 5.41) is 12.8. The molecule has 2 rings (SSSR count). The van der Waals surface area contributed by atoms with E-state index in [9.17, 15) is 0 Å². The Morgan fingerprint density at radius 3 is 3.14 bits per heavy atom. The van der Waals surface area contributed by atoms with Crippen LogP contribution in [0.3, 0.4) is 0 Å². The van der Waals surface area contributed by atoms with Gasteiger partial charge in [-0.2, -0.15) is 0 Å². The highest BCUT2D eigenvalue weighted by Gasteiger charge is 2.07. The predicted molar refractivity (Wildman–Crippen MR) is 60.2 cm³/mol. The number of aliphatic hydroxyl groups is 1. The van der Waals surface area contributed by atoms with Crippen LogP contribution >= 0.6 is 34.7 Å². The van der Waals surface area contributed by atoms with Crippen molar-refractivity contribution in [3.8, 4) is 0 Å². The summed E-state index contributed by atoms with van der Waals surface area (Å²) in [6.07, 6.45) is 0. The summed E-state index contributed by atoms with van der Waals surface area (Å²) >= 11 is 8.80. The van der Waals surface area contributed by atoms with Crippen molar-refractivity contribution >= 4 is 44.9 Å². The van der Waals surface area contributed by atoms with E-state index < -0.39 is 0 Å². The van der Waals surface area contributed by atoms with Gasteiger partial charge < -0.3 is 5.11 Å². The first-order chi connectivity index (χ1) is 6.81. The maximum atomic E-state index is 8.72. The molecular formula is C8H7ClN2OS2. The van der Waals surface area contributed by atoms with Gasteiger partial charge in [0.15, 0.2) is 0 Å². The molecule has 2 heterocycles. The largest absolute Gasteiger partial charge is 0.396 e. The maximum absolute atomic E-state index is 8.72. The number of rotatable bonds is 3. The summed E-state index contributed by atoms with van der Waals surface area (Å²) in [4.78, 5) is 9.12. The van der Waals surface area contributed by atoms with Crippen LogP contribution in [0.25, 0.3) is 10.2 Å². The lowest BCUT2D eigenvalue weighted by Crippen LogP contribution is -1.90. The molecule has 0 aliphatic carbocycles. The third kappa shape index (κ3) is 2.00. The Labute approximate surface area is 94.1 Å². The molecule has 6 heteroatoms. The Hall–Kier alpha value is -0.360. The minimum absolute atomic E-state index is 0.137. The summed E-state index contributed by atoms with van der Waals surface area (Å²) in [6, 6.07) is 1.97. The molecule has 0 unspecified atom stereocenters. The van der Waals surface area contributed by atoms with Gasteiger partial charge in [-0.1, -0.05) is 0 Å². The molecule has 0 saturated heterocycles. The molecule has 0 bridgehead atoms. The molecule has 0 amide bonds. The van der Waals surface area contributed by atoms with Crippen LogP contribution in [0.1, 0.15) is 0 Å². The van der Waals surface area contributed by atoms with Gasteiger partial charge in [0, 0.05) is 11.1 Å². The quantitative estimate of drug-likeness (QED) is 0.513. The minimum Gasteiger partial charge on any atom is -0.396 e. The van der Waals surface area contributed by atoms with Crippen LogP contribution in [0, 0.1) is 0 Å². The van der Waals surface area contributed by atoms with Gasteiger partial charge >= 0.3 is 0 Å². The zero-order valence-corrected chi connectivity index (χ0v) is 9.49. The molecule has 0 fully saturated rings. The highest BCUT2D eigenvalue weighted by Crippen LogP contribution is 2.29. The number of thioether (sulfide) groups is 1. The molecule has 0 spiro atoms. The Bertz CT molecular complexity index is 446. The molecule has 2 aromatic rings. The van der Waals surface area contributed by atoms with Gasteiger partial charge in [-0.25, -0.2) is 9.97 Å². The number of hydrogen-bond acceptors (Lipinski definition) is 5. The zero-order valence-electron chi connectivity index (χ0n) is 7.11. The van der Waals surface area contributed by atoms with E-state index in [-0.39, 0.29) is 11.9 Å². The second-order valence-corrected chi connectivity index (χ2v) is 4.83.